The van der Waals surface area contributed by atoms with E-state index in [0.29, 0.717) is 23.4 Å². The topological polar surface area (TPSA) is 52.1 Å². The normalized spacial score (nSPS) is 11.1. The third-order valence-electron chi connectivity index (χ3n) is 7.44. The van der Waals surface area contributed by atoms with E-state index in [0.717, 1.165) is 30.4 Å². The highest BCUT2D eigenvalue weighted by Gasteiger charge is 2.12. The lowest BCUT2D eigenvalue weighted by Gasteiger charge is -2.08. The number of halogens is 1. The summed E-state index contributed by atoms with van der Waals surface area (Å²) in [7, 11) is 0. The molecule has 4 nitrogen and oxygen atoms in total. The first-order chi connectivity index (χ1) is 19.6. The maximum Gasteiger partial charge on any atom is 0.343 e. The first-order valence-corrected chi connectivity index (χ1v) is 15.5. The average molecular weight is 547 g/mol. The van der Waals surface area contributed by atoms with Crippen molar-refractivity contribution in [2.75, 3.05) is 0 Å². The molecule has 0 aliphatic heterocycles. The van der Waals surface area contributed by atoms with Gasteiger partial charge in [-0.05, 0) is 55.0 Å². The van der Waals surface area contributed by atoms with Crippen LogP contribution in [-0.2, 0) is 12.8 Å². The van der Waals surface area contributed by atoms with E-state index in [-0.39, 0.29) is 11.6 Å². The Labute approximate surface area is 240 Å². The van der Waals surface area contributed by atoms with Crippen molar-refractivity contribution in [3.63, 3.8) is 0 Å². The Hall–Kier alpha value is -3.08. The van der Waals surface area contributed by atoms with Gasteiger partial charge in [0.05, 0.1) is 5.56 Å². The van der Waals surface area contributed by atoms with Crippen LogP contribution < -0.4 is 4.74 Å². The van der Waals surface area contributed by atoms with Gasteiger partial charge in [-0.15, -0.1) is 0 Å². The molecule has 0 amide bonds. The monoisotopic (exact) mass is 546 g/mol. The Kier molecular flexibility index (Phi) is 14.4. The number of ether oxygens (including phenoxy) is 1. The smallest absolute Gasteiger partial charge is 0.343 e. The Morgan fingerprint density at radius 1 is 0.700 bits per heavy atom. The number of carbonyl (C=O) groups is 1. The van der Waals surface area contributed by atoms with Gasteiger partial charge in [0.25, 0.3) is 0 Å². The van der Waals surface area contributed by atoms with Gasteiger partial charge in [-0.2, -0.15) is 0 Å². The van der Waals surface area contributed by atoms with E-state index in [1.54, 1.807) is 24.3 Å². The fraction of sp³-hybridized carbons (Fsp3) is 0.514. The van der Waals surface area contributed by atoms with Gasteiger partial charge in [0.2, 0.25) is 0 Å². The molecule has 5 heteroatoms. The number of benzene rings is 2. The third kappa shape index (κ3) is 11.2. The summed E-state index contributed by atoms with van der Waals surface area (Å²) in [6, 6.07) is 11.7. The molecule has 0 spiro atoms. The van der Waals surface area contributed by atoms with E-state index < -0.39 is 5.97 Å². The molecule has 0 fully saturated rings. The number of rotatable bonds is 19. The van der Waals surface area contributed by atoms with Crippen LogP contribution in [0.2, 0.25) is 0 Å². The zero-order chi connectivity index (χ0) is 28.4. The second kappa shape index (κ2) is 18.3. The number of carbonyl (C=O) groups excluding carboxylic acids is 1. The molecular formula is C35H47FN2O2. The van der Waals surface area contributed by atoms with Crippen molar-refractivity contribution in [3.05, 3.63) is 77.4 Å². The number of hydrogen-bond donors (Lipinski definition) is 0. The summed E-state index contributed by atoms with van der Waals surface area (Å²) in [4.78, 5) is 21.7. The van der Waals surface area contributed by atoms with Crippen LogP contribution in [0.15, 0.2) is 54.9 Å². The van der Waals surface area contributed by atoms with Crippen LogP contribution in [-0.4, -0.2) is 15.9 Å². The van der Waals surface area contributed by atoms with Gasteiger partial charge in [-0.25, -0.2) is 19.2 Å². The van der Waals surface area contributed by atoms with Crippen LogP contribution >= 0.6 is 0 Å². The summed E-state index contributed by atoms with van der Waals surface area (Å²) in [5, 5.41) is 0. The lowest BCUT2D eigenvalue weighted by molar-refractivity contribution is 0.0734. The SMILES string of the molecule is CCCCCCCCCCc1cnc(-c2ccc(C(=O)Oc3ccc(CCCCCCCC)c(F)c3)cc2)nc1. The van der Waals surface area contributed by atoms with E-state index in [1.165, 1.54) is 83.1 Å². The number of aryl methyl sites for hydroxylation is 2. The minimum atomic E-state index is -0.517. The molecule has 0 unspecified atom stereocenters. The van der Waals surface area contributed by atoms with Crippen LogP contribution in [0.5, 0.6) is 5.75 Å². The molecule has 216 valence electrons. The lowest BCUT2D eigenvalue weighted by Crippen LogP contribution is -2.09. The van der Waals surface area contributed by atoms with E-state index in [4.69, 9.17) is 4.74 Å². The zero-order valence-electron chi connectivity index (χ0n) is 24.6. The summed E-state index contributed by atoms with van der Waals surface area (Å²) < 4.78 is 20.0. The molecule has 40 heavy (non-hydrogen) atoms. The average Bonchev–Trinajstić information content (AvgIpc) is 2.97. The van der Waals surface area contributed by atoms with Gasteiger partial charge in [0, 0.05) is 24.0 Å². The largest absolute Gasteiger partial charge is 0.423 e. The van der Waals surface area contributed by atoms with Crippen molar-refractivity contribution in [1.82, 2.24) is 9.97 Å². The van der Waals surface area contributed by atoms with Crippen molar-refractivity contribution in [3.8, 4) is 17.1 Å². The van der Waals surface area contributed by atoms with Gasteiger partial charge < -0.3 is 4.74 Å². The summed E-state index contributed by atoms with van der Waals surface area (Å²) in [5.74, 6) is 0.00441. The van der Waals surface area contributed by atoms with E-state index >= 15 is 0 Å². The maximum absolute atomic E-state index is 14.6. The predicted molar refractivity (Wildman–Crippen MR) is 162 cm³/mol. The van der Waals surface area contributed by atoms with E-state index in [1.807, 2.05) is 24.5 Å². The molecule has 0 atom stereocenters. The van der Waals surface area contributed by atoms with Crippen LogP contribution in [0.3, 0.4) is 0 Å². The van der Waals surface area contributed by atoms with E-state index in [2.05, 4.69) is 23.8 Å². The molecule has 0 aliphatic carbocycles. The summed E-state index contributed by atoms with van der Waals surface area (Å²) in [5.41, 5.74) is 3.05. The Morgan fingerprint density at radius 2 is 1.25 bits per heavy atom. The molecule has 0 aliphatic rings. The fourth-order valence-electron chi connectivity index (χ4n) is 4.91. The van der Waals surface area contributed by atoms with Crippen molar-refractivity contribution in [2.24, 2.45) is 0 Å². The predicted octanol–water partition coefficient (Wildman–Crippen LogP) is 10.1. The standard InChI is InChI=1S/C35H47FN2O2/c1-3-5-7-9-11-12-13-15-17-28-26-37-34(38-27-28)30-19-21-31(22-20-30)35(39)40-32-24-23-29(33(36)25-32)18-16-14-10-8-6-4-2/h19-27H,3-18H2,1-2H3. The number of esters is 1. The van der Waals surface area contributed by atoms with Gasteiger partial charge >= 0.3 is 5.97 Å². The maximum atomic E-state index is 14.6. The third-order valence-corrected chi connectivity index (χ3v) is 7.44. The highest BCUT2D eigenvalue weighted by atomic mass is 19.1. The van der Waals surface area contributed by atoms with Gasteiger partial charge in [0.15, 0.2) is 5.82 Å². The molecule has 0 saturated carbocycles. The minimum Gasteiger partial charge on any atom is -0.423 e. The number of unbranched alkanes of at least 4 members (excludes halogenated alkanes) is 12. The molecular weight excluding hydrogens is 499 g/mol. The van der Waals surface area contributed by atoms with Gasteiger partial charge in [-0.1, -0.05) is 109 Å². The van der Waals surface area contributed by atoms with E-state index in [9.17, 15) is 9.18 Å². The minimum absolute atomic E-state index is 0.216. The zero-order valence-corrected chi connectivity index (χ0v) is 24.6. The van der Waals surface area contributed by atoms with Gasteiger partial charge in [0.1, 0.15) is 11.6 Å². The fourth-order valence-corrected chi connectivity index (χ4v) is 4.91. The molecule has 3 aromatic rings. The quantitative estimate of drug-likeness (QED) is 0.0852. The van der Waals surface area contributed by atoms with Crippen LogP contribution in [0.4, 0.5) is 4.39 Å². The van der Waals surface area contributed by atoms with Crippen LogP contribution in [0, 0.1) is 5.82 Å². The van der Waals surface area contributed by atoms with Crippen molar-refractivity contribution in [1.29, 1.82) is 0 Å². The number of nitrogens with zero attached hydrogens (tertiary/aromatic N) is 2. The highest BCUT2D eigenvalue weighted by Crippen LogP contribution is 2.22. The first kappa shape index (κ1) is 31.4. The Morgan fingerprint density at radius 3 is 1.82 bits per heavy atom. The first-order valence-electron chi connectivity index (χ1n) is 15.5. The number of hydrogen-bond acceptors (Lipinski definition) is 4. The van der Waals surface area contributed by atoms with Gasteiger partial charge in [-0.3, -0.25) is 0 Å². The van der Waals surface area contributed by atoms with Crippen LogP contribution in [0.25, 0.3) is 11.4 Å². The molecule has 0 bridgehead atoms. The van der Waals surface area contributed by atoms with Crippen molar-refractivity contribution in [2.45, 2.75) is 117 Å². The molecule has 2 aromatic carbocycles. The summed E-state index contributed by atoms with van der Waals surface area (Å²) >= 11 is 0. The lowest BCUT2D eigenvalue weighted by atomic mass is 10.0. The molecule has 0 N–H and O–H groups in total. The molecule has 3 rings (SSSR count). The number of aromatic nitrogens is 2. The summed E-state index contributed by atoms with van der Waals surface area (Å²) in [6.45, 7) is 4.45. The second-order valence-corrected chi connectivity index (χ2v) is 10.9. The Bertz CT molecular complexity index is 1130. The van der Waals surface area contributed by atoms with Crippen molar-refractivity contribution >= 4 is 5.97 Å². The molecule has 0 saturated heterocycles. The molecule has 0 radical (unpaired) electrons. The highest BCUT2D eigenvalue weighted by molar-refractivity contribution is 5.91. The molecule has 1 aromatic heterocycles. The van der Waals surface area contributed by atoms with Crippen molar-refractivity contribution < 1.29 is 13.9 Å². The van der Waals surface area contributed by atoms with Crippen LogP contribution in [0.1, 0.15) is 125 Å². The Balaban J connectivity index is 1.43. The molecule has 1 heterocycles. The second-order valence-electron chi connectivity index (χ2n) is 10.9. The summed E-state index contributed by atoms with van der Waals surface area (Å²) in [6.07, 6.45) is 22.9.